The molecule has 2 saturated heterocycles. The van der Waals surface area contributed by atoms with Gasteiger partial charge in [-0.3, -0.25) is 4.79 Å². The lowest BCUT2D eigenvalue weighted by molar-refractivity contribution is -0.134. The molecular formula is C16H25N3O2. The van der Waals surface area contributed by atoms with Crippen LogP contribution in [0.25, 0.3) is 0 Å². The van der Waals surface area contributed by atoms with E-state index in [2.05, 4.69) is 14.5 Å². The standard InChI is InChI=1S/C16H25N3O2/c1-14-17-7-10-18(14)8-2-4-15(20)19-9-3-5-16(12-19)6-11-21-13-16/h7,10H,2-6,8-9,11-13H2,1H3. The number of nitrogens with zero attached hydrogens (tertiary/aromatic N) is 3. The molecular weight excluding hydrogens is 266 g/mol. The maximum absolute atomic E-state index is 12.4. The molecule has 3 rings (SSSR count). The highest BCUT2D eigenvalue weighted by Crippen LogP contribution is 2.37. The minimum atomic E-state index is 0.259. The van der Waals surface area contributed by atoms with Crippen LogP contribution in [0.5, 0.6) is 0 Å². The summed E-state index contributed by atoms with van der Waals surface area (Å²) in [5.41, 5.74) is 0.259. The number of aryl methyl sites for hydroxylation is 2. The highest BCUT2D eigenvalue weighted by molar-refractivity contribution is 5.76. The minimum absolute atomic E-state index is 0.259. The van der Waals surface area contributed by atoms with Crippen LogP contribution in [0, 0.1) is 12.3 Å². The maximum Gasteiger partial charge on any atom is 0.222 e. The van der Waals surface area contributed by atoms with Crippen molar-refractivity contribution in [1.29, 1.82) is 0 Å². The van der Waals surface area contributed by atoms with Crippen molar-refractivity contribution in [2.24, 2.45) is 5.41 Å². The number of likely N-dealkylation sites (tertiary alicyclic amines) is 1. The van der Waals surface area contributed by atoms with Crippen LogP contribution in [-0.4, -0.2) is 46.7 Å². The van der Waals surface area contributed by atoms with Crippen molar-refractivity contribution in [3.63, 3.8) is 0 Å². The van der Waals surface area contributed by atoms with E-state index in [9.17, 15) is 4.79 Å². The summed E-state index contributed by atoms with van der Waals surface area (Å²) in [5, 5.41) is 0. The summed E-state index contributed by atoms with van der Waals surface area (Å²) in [5.74, 6) is 1.32. The summed E-state index contributed by atoms with van der Waals surface area (Å²) in [6.07, 6.45) is 8.76. The molecule has 5 nitrogen and oxygen atoms in total. The molecule has 1 amide bonds. The maximum atomic E-state index is 12.4. The molecule has 0 saturated carbocycles. The normalized spacial score (nSPS) is 25.7. The van der Waals surface area contributed by atoms with Crippen LogP contribution < -0.4 is 0 Å². The Labute approximate surface area is 126 Å². The Kier molecular flexibility index (Phi) is 4.29. The van der Waals surface area contributed by atoms with Crippen LogP contribution in [0.2, 0.25) is 0 Å². The molecule has 1 aromatic rings. The number of imidazole rings is 1. The average molecular weight is 291 g/mol. The van der Waals surface area contributed by atoms with Gasteiger partial charge in [0, 0.05) is 50.5 Å². The Morgan fingerprint density at radius 2 is 2.38 bits per heavy atom. The quantitative estimate of drug-likeness (QED) is 0.852. The number of hydrogen-bond donors (Lipinski definition) is 0. The number of rotatable bonds is 4. The number of aromatic nitrogens is 2. The molecule has 1 spiro atoms. The highest BCUT2D eigenvalue weighted by Gasteiger charge is 2.39. The molecule has 1 unspecified atom stereocenters. The molecule has 1 aromatic heterocycles. The number of carbonyl (C=O) groups is 1. The predicted octanol–water partition coefficient (Wildman–Crippen LogP) is 2.00. The Bertz CT molecular complexity index is 491. The van der Waals surface area contributed by atoms with E-state index >= 15 is 0 Å². The second-order valence-corrected chi connectivity index (χ2v) is 6.49. The van der Waals surface area contributed by atoms with Crippen LogP contribution >= 0.6 is 0 Å². The van der Waals surface area contributed by atoms with Crippen molar-refractivity contribution >= 4 is 5.91 Å². The lowest BCUT2D eigenvalue weighted by atomic mass is 9.79. The molecule has 0 radical (unpaired) electrons. The molecule has 0 aromatic carbocycles. The van der Waals surface area contributed by atoms with Gasteiger partial charge in [-0.2, -0.15) is 0 Å². The largest absolute Gasteiger partial charge is 0.381 e. The summed E-state index contributed by atoms with van der Waals surface area (Å²) < 4.78 is 7.67. The van der Waals surface area contributed by atoms with Crippen molar-refractivity contribution in [1.82, 2.24) is 14.5 Å². The molecule has 0 bridgehead atoms. The van der Waals surface area contributed by atoms with Crippen molar-refractivity contribution in [2.45, 2.75) is 45.6 Å². The van der Waals surface area contributed by atoms with E-state index in [1.807, 2.05) is 19.3 Å². The van der Waals surface area contributed by atoms with Gasteiger partial charge in [0.25, 0.3) is 0 Å². The van der Waals surface area contributed by atoms with E-state index in [1.165, 1.54) is 6.42 Å². The monoisotopic (exact) mass is 291 g/mol. The van der Waals surface area contributed by atoms with Gasteiger partial charge >= 0.3 is 0 Å². The van der Waals surface area contributed by atoms with Gasteiger partial charge in [-0.1, -0.05) is 0 Å². The van der Waals surface area contributed by atoms with E-state index in [0.717, 1.165) is 57.9 Å². The SMILES string of the molecule is Cc1nccn1CCCC(=O)N1CCCC2(CCOC2)C1. The predicted molar refractivity (Wildman–Crippen MR) is 79.9 cm³/mol. The zero-order chi connectivity index (χ0) is 14.7. The fourth-order valence-corrected chi connectivity index (χ4v) is 3.59. The number of amides is 1. The first-order valence-corrected chi connectivity index (χ1v) is 8.02. The molecule has 2 aliphatic heterocycles. The van der Waals surface area contributed by atoms with E-state index in [4.69, 9.17) is 4.74 Å². The topological polar surface area (TPSA) is 47.4 Å². The fourth-order valence-electron chi connectivity index (χ4n) is 3.59. The highest BCUT2D eigenvalue weighted by atomic mass is 16.5. The van der Waals surface area contributed by atoms with Crippen molar-refractivity contribution in [3.05, 3.63) is 18.2 Å². The molecule has 5 heteroatoms. The van der Waals surface area contributed by atoms with E-state index < -0.39 is 0 Å². The smallest absolute Gasteiger partial charge is 0.222 e. The van der Waals surface area contributed by atoms with Crippen LogP contribution in [0.4, 0.5) is 0 Å². The minimum Gasteiger partial charge on any atom is -0.381 e. The van der Waals surface area contributed by atoms with Gasteiger partial charge in [0.15, 0.2) is 0 Å². The third-order valence-electron chi connectivity index (χ3n) is 4.91. The Hall–Kier alpha value is -1.36. The summed E-state index contributed by atoms with van der Waals surface area (Å²) in [7, 11) is 0. The zero-order valence-corrected chi connectivity index (χ0v) is 12.9. The van der Waals surface area contributed by atoms with Crippen molar-refractivity contribution in [2.75, 3.05) is 26.3 Å². The second-order valence-electron chi connectivity index (χ2n) is 6.49. The molecule has 21 heavy (non-hydrogen) atoms. The molecule has 116 valence electrons. The summed E-state index contributed by atoms with van der Waals surface area (Å²) in [4.78, 5) is 18.7. The first-order valence-electron chi connectivity index (χ1n) is 8.02. The van der Waals surface area contributed by atoms with Gasteiger partial charge in [-0.15, -0.1) is 0 Å². The lowest BCUT2D eigenvalue weighted by Gasteiger charge is -2.39. The van der Waals surface area contributed by atoms with Crippen LogP contribution in [-0.2, 0) is 16.1 Å². The van der Waals surface area contributed by atoms with E-state index in [0.29, 0.717) is 12.3 Å². The van der Waals surface area contributed by atoms with E-state index in [-0.39, 0.29) is 5.41 Å². The molecule has 0 N–H and O–H groups in total. The van der Waals surface area contributed by atoms with Crippen molar-refractivity contribution < 1.29 is 9.53 Å². The molecule has 1 atom stereocenters. The summed E-state index contributed by atoms with van der Waals surface area (Å²) in [6, 6.07) is 0. The van der Waals surface area contributed by atoms with Crippen molar-refractivity contribution in [3.8, 4) is 0 Å². The third-order valence-corrected chi connectivity index (χ3v) is 4.91. The van der Waals surface area contributed by atoms with Gasteiger partial charge in [0.1, 0.15) is 5.82 Å². The number of piperidine rings is 1. The Morgan fingerprint density at radius 3 is 3.10 bits per heavy atom. The van der Waals surface area contributed by atoms with Crippen LogP contribution in [0.3, 0.4) is 0 Å². The number of hydrogen-bond acceptors (Lipinski definition) is 3. The van der Waals surface area contributed by atoms with Gasteiger partial charge in [0.05, 0.1) is 6.61 Å². The first-order chi connectivity index (χ1) is 10.2. The van der Waals surface area contributed by atoms with Gasteiger partial charge in [0.2, 0.25) is 5.91 Å². The van der Waals surface area contributed by atoms with Gasteiger partial charge < -0.3 is 14.2 Å². The Morgan fingerprint density at radius 1 is 1.48 bits per heavy atom. The summed E-state index contributed by atoms with van der Waals surface area (Å²) >= 11 is 0. The average Bonchev–Trinajstić information content (AvgIpc) is 3.09. The van der Waals surface area contributed by atoms with Crippen LogP contribution in [0.1, 0.15) is 37.9 Å². The second kappa shape index (κ2) is 6.18. The summed E-state index contributed by atoms with van der Waals surface area (Å²) in [6.45, 7) is 6.39. The van der Waals surface area contributed by atoms with Gasteiger partial charge in [-0.25, -0.2) is 4.98 Å². The van der Waals surface area contributed by atoms with E-state index in [1.54, 1.807) is 0 Å². The number of ether oxygens (including phenoxy) is 1. The first kappa shape index (κ1) is 14.6. The molecule has 3 heterocycles. The Balaban J connectivity index is 1.47. The third kappa shape index (κ3) is 3.28. The molecule has 2 fully saturated rings. The number of carbonyl (C=O) groups excluding carboxylic acids is 1. The molecule has 0 aliphatic carbocycles. The zero-order valence-electron chi connectivity index (χ0n) is 12.9. The fraction of sp³-hybridized carbons (Fsp3) is 0.750. The lowest BCUT2D eigenvalue weighted by Crippen LogP contribution is -2.46. The van der Waals surface area contributed by atoms with Crippen LogP contribution in [0.15, 0.2) is 12.4 Å². The molecule has 2 aliphatic rings. The van der Waals surface area contributed by atoms with Gasteiger partial charge in [-0.05, 0) is 32.6 Å².